The van der Waals surface area contributed by atoms with Crippen LogP contribution in [0.2, 0.25) is 0 Å². The number of nitrogens with zero attached hydrogens (tertiary/aromatic N) is 3. The van der Waals surface area contributed by atoms with E-state index in [4.69, 9.17) is 16.2 Å². The van der Waals surface area contributed by atoms with Gasteiger partial charge in [0.05, 0.1) is 18.1 Å². The number of aromatic nitrogens is 3. The summed E-state index contributed by atoms with van der Waals surface area (Å²) in [6.45, 7) is 3.85. The number of amides is 1. The fraction of sp³-hybridized carbons (Fsp3) is 0.381. The van der Waals surface area contributed by atoms with E-state index in [1.165, 1.54) is 17.9 Å². The van der Waals surface area contributed by atoms with Gasteiger partial charge in [0.25, 0.3) is 5.91 Å². The standard InChI is InChI=1S/C21H27F2N7O2/c1-5-15(24)16(6-2)27-20-14(23)9-12(18(25)31)19(28-20)26-10-7-11-17(13(22)8-10)30(3)29-21(11)32-4/h7-9,15-16H,5-6,24H2,1-4H3,(H2,25,31)(H2,26,27,28)/t15-,16+/m0/s1. The number of ether oxygens (including phenoxy) is 1. The zero-order chi connectivity index (χ0) is 23.6. The molecule has 0 aliphatic rings. The largest absolute Gasteiger partial charge is 0.479 e. The first-order chi connectivity index (χ1) is 15.2. The number of aryl methyl sites for hydroxylation is 1. The van der Waals surface area contributed by atoms with Gasteiger partial charge in [0, 0.05) is 24.8 Å². The molecule has 0 unspecified atom stereocenters. The minimum absolute atomic E-state index is 0.0251. The van der Waals surface area contributed by atoms with E-state index in [0.29, 0.717) is 18.2 Å². The van der Waals surface area contributed by atoms with Crippen molar-refractivity contribution >= 4 is 34.1 Å². The summed E-state index contributed by atoms with van der Waals surface area (Å²) in [5.74, 6) is -2.08. The fourth-order valence-corrected chi connectivity index (χ4v) is 3.54. The minimum atomic E-state index is -0.886. The average molecular weight is 447 g/mol. The van der Waals surface area contributed by atoms with Crippen molar-refractivity contribution < 1.29 is 18.3 Å². The Balaban J connectivity index is 2.05. The Morgan fingerprint density at radius 2 is 1.91 bits per heavy atom. The second kappa shape index (κ2) is 9.35. The quantitative estimate of drug-likeness (QED) is 0.396. The predicted molar refractivity (Wildman–Crippen MR) is 119 cm³/mol. The van der Waals surface area contributed by atoms with Crippen molar-refractivity contribution in [1.82, 2.24) is 14.8 Å². The number of nitrogens with one attached hydrogen (secondary N) is 2. The molecular weight excluding hydrogens is 420 g/mol. The lowest BCUT2D eigenvalue weighted by molar-refractivity contribution is 0.100. The normalized spacial score (nSPS) is 13.1. The molecule has 0 saturated carbocycles. The number of hydrogen-bond acceptors (Lipinski definition) is 7. The van der Waals surface area contributed by atoms with Crippen molar-refractivity contribution in [2.45, 2.75) is 38.8 Å². The van der Waals surface area contributed by atoms with E-state index in [-0.39, 0.29) is 46.4 Å². The molecule has 172 valence electrons. The van der Waals surface area contributed by atoms with Crippen molar-refractivity contribution in [2.24, 2.45) is 18.5 Å². The highest BCUT2D eigenvalue weighted by Gasteiger charge is 2.21. The summed E-state index contributed by atoms with van der Waals surface area (Å²) >= 11 is 0. The van der Waals surface area contributed by atoms with Crippen LogP contribution in [0.5, 0.6) is 5.88 Å². The second-order valence-corrected chi connectivity index (χ2v) is 7.42. The molecule has 1 aromatic carbocycles. The number of primary amides is 1. The van der Waals surface area contributed by atoms with Crippen LogP contribution in [0.15, 0.2) is 18.2 Å². The topological polar surface area (TPSA) is 133 Å². The molecule has 0 bridgehead atoms. The molecule has 0 aliphatic heterocycles. The summed E-state index contributed by atoms with van der Waals surface area (Å²) in [5.41, 5.74) is 11.8. The van der Waals surface area contributed by atoms with Gasteiger partial charge in [-0.15, -0.1) is 5.10 Å². The van der Waals surface area contributed by atoms with Crippen LogP contribution in [0.1, 0.15) is 37.0 Å². The predicted octanol–water partition coefficient (Wildman–Crippen LogP) is 3.03. The average Bonchev–Trinajstić information content (AvgIpc) is 3.08. The van der Waals surface area contributed by atoms with Crippen LogP contribution < -0.4 is 26.8 Å². The van der Waals surface area contributed by atoms with Crippen LogP contribution in [-0.2, 0) is 7.05 Å². The van der Waals surface area contributed by atoms with Gasteiger partial charge in [-0.05, 0) is 31.0 Å². The monoisotopic (exact) mass is 447 g/mol. The van der Waals surface area contributed by atoms with Crippen LogP contribution in [0.4, 0.5) is 26.1 Å². The number of anilines is 3. The van der Waals surface area contributed by atoms with Crippen molar-refractivity contribution in [2.75, 3.05) is 17.7 Å². The van der Waals surface area contributed by atoms with Crippen molar-refractivity contribution in [3.05, 3.63) is 35.4 Å². The van der Waals surface area contributed by atoms with E-state index in [1.807, 2.05) is 13.8 Å². The molecule has 2 aromatic heterocycles. The van der Waals surface area contributed by atoms with E-state index in [9.17, 15) is 13.6 Å². The number of benzene rings is 1. The Hall–Kier alpha value is -3.47. The number of carbonyl (C=O) groups is 1. The number of fused-ring (bicyclic) bond motifs is 1. The highest BCUT2D eigenvalue weighted by atomic mass is 19.1. The fourth-order valence-electron chi connectivity index (χ4n) is 3.54. The number of pyridine rings is 1. The molecule has 0 aliphatic carbocycles. The Morgan fingerprint density at radius 1 is 1.19 bits per heavy atom. The molecule has 3 rings (SSSR count). The highest BCUT2D eigenvalue weighted by Crippen LogP contribution is 2.32. The summed E-state index contributed by atoms with van der Waals surface area (Å²) in [6.07, 6.45) is 1.32. The van der Waals surface area contributed by atoms with E-state index in [2.05, 4.69) is 20.7 Å². The summed E-state index contributed by atoms with van der Waals surface area (Å²) < 4.78 is 36.0. The third-order valence-corrected chi connectivity index (χ3v) is 5.31. The van der Waals surface area contributed by atoms with E-state index < -0.39 is 17.5 Å². The Morgan fingerprint density at radius 3 is 2.50 bits per heavy atom. The molecule has 0 saturated heterocycles. The van der Waals surface area contributed by atoms with Gasteiger partial charge in [0.15, 0.2) is 17.5 Å². The summed E-state index contributed by atoms with van der Waals surface area (Å²) in [4.78, 5) is 16.1. The van der Waals surface area contributed by atoms with Crippen molar-refractivity contribution in [1.29, 1.82) is 0 Å². The Kier molecular flexibility index (Phi) is 6.78. The zero-order valence-corrected chi connectivity index (χ0v) is 18.4. The number of methoxy groups -OCH3 is 1. The molecular formula is C21H27F2N7O2. The first kappa shape index (κ1) is 23.2. The second-order valence-electron chi connectivity index (χ2n) is 7.42. The maximum Gasteiger partial charge on any atom is 0.252 e. The maximum absolute atomic E-state index is 14.8. The zero-order valence-electron chi connectivity index (χ0n) is 18.4. The van der Waals surface area contributed by atoms with Crippen LogP contribution in [0, 0.1) is 11.6 Å². The van der Waals surface area contributed by atoms with E-state index in [0.717, 1.165) is 6.07 Å². The molecule has 11 heteroatoms. The number of nitrogens with two attached hydrogens (primary N) is 2. The van der Waals surface area contributed by atoms with Gasteiger partial charge >= 0.3 is 0 Å². The molecule has 6 N–H and O–H groups in total. The van der Waals surface area contributed by atoms with E-state index >= 15 is 0 Å². The molecule has 32 heavy (non-hydrogen) atoms. The third-order valence-electron chi connectivity index (χ3n) is 5.31. The molecule has 2 heterocycles. The highest BCUT2D eigenvalue weighted by molar-refractivity contribution is 5.99. The molecule has 3 aromatic rings. The van der Waals surface area contributed by atoms with Crippen molar-refractivity contribution in [3.8, 4) is 5.88 Å². The number of hydrogen-bond donors (Lipinski definition) is 4. The van der Waals surface area contributed by atoms with Crippen LogP contribution in [0.25, 0.3) is 10.9 Å². The van der Waals surface area contributed by atoms with Gasteiger partial charge in [-0.3, -0.25) is 9.48 Å². The lowest BCUT2D eigenvalue weighted by Gasteiger charge is -2.24. The summed E-state index contributed by atoms with van der Waals surface area (Å²) in [7, 11) is 3.02. The van der Waals surface area contributed by atoms with Gasteiger partial charge in [0.1, 0.15) is 11.3 Å². The maximum atomic E-state index is 14.8. The summed E-state index contributed by atoms with van der Waals surface area (Å²) in [5, 5.41) is 10.4. The lowest BCUT2D eigenvalue weighted by Crippen LogP contribution is -2.39. The van der Waals surface area contributed by atoms with Crippen LogP contribution >= 0.6 is 0 Å². The molecule has 2 atom stereocenters. The Labute approximate surface area is 184 Å². The van der Waals surface area contributed by atoms with Gasteiger partial charge < -0.3 is 26.8 Å². The lowest BCUT2D eigenvalue weighted by atomic mass is 10.0. The van der Waals surface area contributed by atoms with Crippen LogP contribution in [0.3, 0.4) is 0 Å². The first-order valence-corrected chi connectivity index (χ1v) is 10.2. The van der Waals surface area contributed by atoms with Gasteiger partial charge in [0.2, 0.25) is 5.88 Å². The molecule has 0 radical (unpaired) electrons. The SMILES string of the molecule is CC[C@H](N)[C@@H](CC)Nc1nc(Nc2cc(F)c3c(c2)c(OC)nn3C)c(C(N)=O)cc1F. The molecule has 0 spiro atoms. The number of carbonyl (C=O) groups excluding carboxylic acids is 1. The minimum Gasteiger partial charge on any atom is -0.479 e. The number of halogens is 2. The Bertz CT molecular complexity index is 1150. The first-order valence-electron chi connectivity index (χ1n) is 10.2. The number of rotatable bonds is 9. The van der Waals surface area contributed by atoms with Gasteiger partial charge in [-0.2, -0.15) is 0 Å². The molecule has 1 amide bonds. The van der Waals surface area contributed by atoms with Crippen molar-refractivity contribution in [3.63, 3.8) is 0 Å². The molecule has 9 nitrogen and oxygen atoms in total. The van der Waals surface area contributed by atoms with E-state index in [1.54, 1.807) is 13.1 Å². The van der Waals surface area contributed by atoms with Gasteiger partial charge in [-0.25, -0.2) is 13.8 Å². The van der Waals surface area contributed by atoms with Gasteiger partial charge in [-0.1, -0.05) is 13.8 Å². The van der Waals surface area contributed by atoms with Crippen LogP contribution in [-0.4, -0.2) is 39.9 Å². The summed E-state index contributed by atoms with van der Waals surface area (Å²) in [6, 6.07) is 3.35. The third kappa shape index (κ3) is 4.42. The smallest absolute Gasteiger partial charge is 0.252 e. The molecule has 0 fully saturated rings.